The Labute approximate surface area is 151 Å². The molecule has 0 spiro atoms. The van der Waals surface area contributed by atoms with E-state index in [1.165, 1.54) is 11.8 Å². The van der Waals surface area contributed by atoms with E-state index in [2.05, 4.69) is 10.3 Å². The predicted octanol–water partition coefficient (Wildman–Crippen LogP) is 3.80. The number of carboxylic acid groups (broad SMARTS) is 1. The fourth-order valence-corrected chi connectivity index (χ4v) is 3.20. The van der Waals surface area contributed by atoms with Crippen molar-refractivity contribution in [2.45, 2.75) is 24.0 Å². The van der Waals surface area contributed by atoms with Crippen molar-refractivity contribution in [3.8, 4) is 0 Å². The first-order valence-corrected chi connectivity index (χ1v) is 8.70. The smallest absolute Gasteiger partial charge is 0.407 e. The highest BCUT2D eigenvalue weighted by molar-refractivity contribution is 7.98. The Bertz CT molecular complexity index is 711. The monoisotopic (exact) mass is 388 g/mol. The fraction of sp³-hybridized carbons (Fsp3) is 0.294. The van der Waals surface area contributed by atoms with E-state index in [0.29, 0.717) is 5.75 Å². The van der Waals surface area contributed by atoms with Gasteiger partial charge in [0.15, 0.2) is 0 Å². The van der Waals surface area contributed by atoms with Crippen LogP contribution in [0.3, 0.4) is 0 Å². The Morgan fingerprint density at radius 3 is 2.46 bits per heavy atom. The van der Waals surface area contributed by atoms with E-state index >= 15 is 0 Å². The third kappa shape index (κ3) is 5.99. The highest BCUT2D eigenvalue weighted by Gasteiger charge is 2.42. The Kier molecular flexibility index (Phi) is 6.98. The van der Waals surface area contributed by atoms with Crippen molar-refractivity contribution in [3.63, 3.8) is 0 Å². The topological polar surface area (TPSA) is 62.2 Å². The standard InChI is InChI=1S/C17H16F4N2O2S/c18-13-5-3-12(4-6-13)15(17(19,20)21)23-14(16(24)25)10-26-9-11-2-1-7-22-8-11/h1-8,14-15,23H,9-10H2,(H,24,25)/t14?,15-/m1/s1. The number of hydrogen-bond acceptors (Lipinski definition) is 4. The van der Waals surface area contributed by atoms with Gasteiger partial charge in [-0.15, -0.1) is 0 Å². The number of halogens is 4. The second kappa shape index (κ2) is 9.00. The summed E-state index contributed by atoms with van der Waals surface area (Å²) in [6.07, 6.45) is -1.53. The predicted molar refractivity (Wildman–Crippen MR) is 90.2 cm³/mol. The quantitative estimate of drug-likeness (QED) is 0.674. The number of alkyl halides is 3. The van der Waals surface area contributed by atoms with Crippen LogP contribution in [0.25, 0.3) is 0 Å². The van der Waals surface area contributed by atoms with Crippen molar-refractivity contribution in [3.05, 3.63) is 65.7 Å². The van der Waals surface area contributed by atoms with Gasteiger partial charge in [-0.3, -0.25) is 15.1 Å². The number of hydrogen-bond donors (Lipinski definition) is 2. The fourth-order valence-electron chi connectivity index (χ4n) is 2.20. The van der Waals surface area contributed by atoms with E-state index in [0.717, 1.165) is 29.8 Å². The molecule has 26 heavy (non-hydrogen) atoms. The minimum Gasteiger partial charge on any atom is -0.480 e. The molecule has 0 saturated carbocycles. The van der Waals surface area contributed by atoms with Crippen LogP contribution in [-0.2, 0) is 10.5 Å². The Balaban J connectivity index is 2.06. The van der Waals surface area contributed by atoms with Crippen molar-refractivity contribution in [2.75, 3.05) is 5.75 Å². The second-order valence-electron chi connectivity index (χ2n) is 5.46. The van der Waals surface area contributed by atoms with Crippen LogP contribution < -0.4 is 5.32 Å². The highest BCUT2D eigenvalue weighted by atomic mass is 32.2. The zero-order chi connectivity index (χ0) is 19.2. The van der Waals surface area contributed by atoms with E-state index in [4.69, 9.17) is 0 Å². The van der Waals surface area contributed by atoms with E-state index in [1.807, 2.05) is 0 Å². The SMILES string of the molecule is O=C(O)C(CSCc1cccnc1)N[C@H](c1ccc(F)cc1)C(F)(F)F. The first kappa shape index (κ1) is 20.2. The lowest BCUT2D eigenvalue weighted by atomic mass is 10.1. The van der Waals surface area contributed by atoms with Crippen molar-refractivity contribution in [1.29, 1.82) is 0 Å². The molecule has 1 aromatic heterocycles. The lowest BCUT2D eigenvalue weighted by molar-refractivity contribution is -0.162. The van der Waals surface area contributed by atoms with Crippen LogP contribution in [0, 0.1) is 5.82 Å². The van der Waals surface area contributed by atoms with E-state index in [-0.39, 0.29) is 11.3 Å². The van der Waals surface area contributed by atoms with Gasteiger partial charge in [0, 0.05) is 23.9 Å². The van der Waals surface area contributed by atoms with Crippen LogP contribution in [0.5, 0.6) is 0 Å². The number of rotatable bonds is 8. The molecule has 1 unspecified atom stereocenters. The average Bonchev–Trinajstić information content (AvgIpc) is 2.58. The molecule has 1 heterocycles. The number of aliphatic carboxylic acids is 1. The molecule has 2 N–H and O–H groups in total. The van der Waals surface area contributed by atoms with Gasteiger partial charge in [0.25, 0.3) is 0 Å². The van der Waals surface area contributed by atoms with E-state index in [1.54, 1.807) is 24.5 Å². The summed E-state index contributed by atoms with van der Waals surface area (Å²) >= 11 is 1.18. The maximum absolute atomic E-state index is 13.4. The number of nitrogens with zero attached hydrogens (tertiary/aromatic N) is 1. The van der Waals surface area contributed by atoms with Crippen molar-refractivity contribution in [1.82, 2.24) is 10.3 Å². The van der Waals surface area contributed by atoms with Gasteiger partial charge in [-0.05, 0) is 29.3 Å². The number of thioether (sulfide) groups is 1. The normalized spacial score (nSPS) is 14.0. The molecule has 140 valence electrons. The molecule has 0 aliphatic carbocycles. The number of pyridine rings is 1. The highest BCUT2D eigenvalue weighted by Crippen LogP contribution is 2.33. The molecule has 0 radical (unpaired) electrons. The molecule has 0 bridgehead atoms. The summed E-state index contributed by atoms with van der Waals surface area (Å²) < 4.78 is 53.0. The summed E-state index contributed by atoms with van der Waals surface area (Å²) in [5.74, 6) is -1.71. The van der Waals surface area contributed by atoms with Gasteiger partial charge < -0.3 is 5.11 Å². The molecule has 1 aromatic carbocycles. The molecule has 0 aliphatic rings. The van der Waals surface area contributed by atoms with Crippen LogP contribution in [0.15, 0.2) is 48.8 Å². The first-order chi connectivity index (χ1) is 12.3. The van der Waals surface area contributed by atoms with Crippen LogP contribution in [-0.4, -0.2) is 34.0 Å². The molecular weight excluding hydrogens is 372 g/mol. The zero-order valence-corrected chi connectivity index (χ0v) is 14.2. The maximum atomic E-state index is 13.4. The van der Waals surface area contributed by atoms with Crippen LogP contribution in [0.4, 0.5) is 17.6 Å². The average molecular weight is 388 g/mol. The van der Waals surface area contributed by atoms with E-state index in [9.17, 15) is 27.5 Å². The minimum absolute atomic E-state index is 0.0714. The molecule has 2 atom stereocenters. The third-order valence-electron chi connectivity index (χ3n) is 3.47. The summed E-state index contributed by atoms with van der Waals surface area (Å²) in [5.41, 5.74) is 0.593. The molecule has 2 rings (SSSR count). The van der Waals surface area contributed by atoms with Crippen LogP contribution in [0.2, 0.25) is 0 Å². The van der Waals surface area contributed by atoms with Crippen molar-refractivity contribution in [2.24, 2.45) is 0 Å². The van der Waals surface area contributed by atoms with Gasteiger partial charge in [0.1, 0.15) is 17.9 Å². The Morgan fingerprint density at radius 1 is 1.23 bits per heavy atom. The molecular formula is C17H16F4N2O2S. The number of benzene rings is 1. The number of carbonyl (C=O) groups is 1. The third-order valence-corrected chi connectivity index (χ3v) is 4.58. The van der Waals surface area contributed by atoms with Gasteiger partial charge >= 0.3 is 12.1 Å². The lowest BCUT2D eigenvalue weighted by Crippen LogP contribution is -2.46. The second-order valence-corrected chi connectivity index (χ2v) is 6.49. The van der Waals surface area contributed by atoms with Crippen LogP contribution >= 0.6 is 11.8 Å². The molecule has 2 aromatic rings. The molecule has 0 fully saturated rings. The number of nitrogens with one attached hydrogen (secondary N) is 1. The van der Waals surface area contributed by atoms with Crippen LogP contribution in [0.1, 0.15) is 17.2 Å². The van der Waals surface area contributed by atoms with Gasteiger partial charge in [-0.1, -0.05) is 18.2 Å². The van der Waals surface area contributed by atoms with Gasteiger partial charge in [-0.2, -0.15) is 24.9 Å². The summed E-state index contributed by atoms with van der Waals surface area (Å²) in [5, 5.41) is 11.4. The van der Waals surface area contributed by atoms with E-state index < -0.39 is 30.0 Å². The minimum atomic E-state index is -4.72. The summed E-state index contributed by atoms with van der Waals surface area (Å²) in [7, 11) is 0. The van der Waals surface area contributed by atoms with Gasteiger partial charge in [0.05, 0.1) is 0 Å². The van der Waals surface area contributed by atoms with Gasteiger partial charge in [-0.25, -0.2) is 4.39 Å². The summed E-state index contributed by atoms with van der Waals surface area (Å²) in [6.45, 7) is 0. The molecule has 9 heteroatoms. The molecule has 0 amide bonds. The lowest BCUT2D eigenvalue weighted by Gasteiger charge is -2.25. The molecule has 0 saturated heterocycles. The number of aromatic nitrogens is 1. The van der Waals surface area contributed by atoms with Crippen molar-refractivity contribution >= 4 is 17.7 Å². The summed E-state index contributed by atoms with van der Waals surface area (Å²) in [4.78, 5) is 15.3. The van der Waals surface area contributed by atoms with Gasteiger partial charge in [0.2, 0.25) is 0 Å². The molecule has 0 aliphatic heterocycles. The molecule has 4 nitrogen and oxygen atoms in total. The number of carboxylic acids is 1. The Morgan fingerprint density at radius 2 is 1.92 bits per heavy atom. The maximum Gasteiger partial charge on any atom is 0.407 e. The largest absolute Gasteiger partial charge is 0.480 e. The Hall–Kier alpha value is -2.13. The summed E-state index contributed by atoms with van der Waals surface area (Å²) in [6, 6.07) is 3.67. The zero-order valence-electron chi connectivity index (χ0n) is 13.4. The first-order valence-electron chi connectivity index (χ1n) is 7.55. The van der Waals surface area contributed by atoms with Crippen molar-refractivity contribution < 1.29 is 27.5 Å².